The van der Waals surface area contributed by atoms with Crippen LogP contribution in [0.3, 0.4) is 0 Å². The van der Waals surface area contributed by atoms with Crippen LogP contribution >= 0.6 is 15.6 Å². The topological polar surface area (TPSA) is 237 Å². The predicted molar refractivity (Wildman–Crippen MR) is 372 cm³/mol. The average molecular weight is 1350 g/mol. The number of unbranched alkanes of at least 4 members (excludes halogenated alkanes) is 41. The first-order valence-electron chi connectivity index (χ1n) is 38.0. The second-order valence-corrected chi connectivity index (χ2v) is 30.0. The van der Waals surface area contributed by atoms with E-state index in [1.165, 1.54) is 193 Å². The summed E-state index contributed by atoms with van der Waals surface area (Å²) in [6.45, 7) is 9.53. The molecule has 546 valence electrons. The smallest absolute Gasteiger partial charge is 0.462 e. The van der Waals surface area contributed by atoms with Gasteiger partial charge in [-0.25, -0.2) is 9.13 Å². The molecule has 6 atom stereocenters. The van der Waals surface area contributed by atoms with Crippen molar-refractivity contribution in [3.8, 4) is 0 Å². The number of esters is 4. The van der Waals surface area contributed by atoms with Gasteiger partial charge in [0.2, 0.25) is 0 Å². The summed E-state index contributed by atoms with van der Waals surface area (Å²) in [6, 6.07) is 0. The zero-order chi connectivity index (χ0) is 67.9. The number of rotatable bonds is 72. The van der Waals surface area contributed by atoms with Crippen molar-refractivity contribution in [1.29, 1.82) is 0 Å². The van der Waals surface area contributed by atoms with E-state index in [4.69, 9.17) is 37.0 Å². The number of phosphoric acid groups is 2. The first kappa shape index (κ1) is 90.1. The van der Waals surface area contributed by atoms with E-state index in [-0.39, 0.29) is 25.7 Å². The zero-order valence-corrected chi connectivity index (χ0v) is 61.6. The number of aliphatic hydroxyl groups excluding tert-OH is 1. The van der Waals surface area contributed by atoms with Crippen molar-refractivity contribution in [3.05, 3.63) is 0 Å². The molecule has 0 aliphatic rings. The maximum Gasteiger partial charge on any atom is 0.472 e. The molecule has 0 saturated heterocycles. The lowest BCUT2D eigenvalue weighted by molar-refractivity contribution is -0.161. The van der Waals surface area contributed by atoms with Crippen molar-refractivity contribution in [2.45, 2.75) is 394 Å². The van der Waals surface area contributed by atoms with Crippen LogP contribution in [0.5, 0.6) is 0 Å². The fraction of sp³-hybridized carbons (Fsp3) is 0.945. The molecule has 0 saturated carbocycles. The van der Waals surface area contributed by atoms with E-state index in [1.54, 1.807) is 0 Å². The van der Waals surface area contributed by atoms with Crippen molar-refractivity contribution in [2.75, 3.05) is 39.6 Å². The van der Waals surface area contributed by atoms with E-state index in [0.717, 1.165) is 102 Å². The van der Waals surface area contributed by atoms with E-state index in [1.807, 2.05) is 0 Å². The largest absolute Gasteiger partial charge is 0.472 e. The standard InChI is InChI=1S/C73H142O17P2/c1-7-10-12-14-16-18-19-20-21-22-23-26-30-34-38-45-51-57-72(77)89-68(61-84-71(76)56-50-44-37-33-29-27-24-25-28-32-35-41-47-53-65(4)5)63-87-91(79,80)85-59-67(74)60-86-92(81,82)88-64-69(62-83-70(75)55-49-43-36-31-17-15-13-11-8-2)90-73(78)58-52-46-40-39-42-48-54-66(6)9-3/h65-69,74H,7-64H2,1-6H3,(H,79,80)(H,81,82)/t66?,67-,68-,69-/m1/s1. The average Bonchev–Trinajstić information content (AvgIpc) is 3.74. The van der Waals surface area contributed by atoms with Gasteiger partial charge in [0.1, 0.15) is 19.3 Å². The Bertz CT molecular complexity index is 1790. The first-order chi connectivity index (χ1) is 44.4. The number of carbonyl (C=O) groups excluding carboxylic acids is 4. The summed E-state index contributed by atoms with van der Waals surface area (Å²) in [7, 11) is -9.90. The molecule has 0 aromatic heterocycles. The van der Waals surface area contributed by atoms with Crippen LogP contribution in [0.15, 0.2) is 0 Å². The third kappa shape index (κ3) is 65.4. The van der Waals surface area contributed by atoms with Gasteiger partial charge in [-0.05, 0) is 37.5 Å². The summed E-state index contributed by atoms with van der Waals surface area (Å²) < 4.78 is 68.3. The van der Waals surface area contributed by atoms with E-state index in [9.17, 15) is 43.2 Å². The third-order valence-electron chi connectivity index (χ3n) is 17.3. The minimum atomic E-state index is -4.95. The fourth-order valence-electron chi connectivity index (χ4n) is 11.1. The molecular formula is C73H142O17P2. The number of phosphoric ester groups is 2. The van der Waals surface area contributed by atoms with Crippen molar-refractivity contribution in [1.82, 2.24) is 0 Å². The summed E-state index contributed by atoms with van der Waals surface area (Å²) in [5, 5.41) is 10.6. The Hall–Kier alpha value is -1.94. The Morgan fingerprint density at radius 2 is 0.554 bits per heavy atom. The number of ether oxygens (including phenoxy) is 4. The van der Waals surface area contributed by atoms with Crippen molar-refractivity contribution in [2.24, 2.45) is 11.8 Å². The molecule has 0 aromatic rings. The highest BCUT2D eigenvalue weighted by Crippen LogP contribution is 2.45. The second kappa shape index (κ2) is 65.0. The summed E-state index contributed by atoms with van der Waals surface area (Å²) in [5.41, 5.74) is 0. The highest BCUT2D eigenvalue weighted by molar-refractivity contribution is 7.47. The highest BCUT2D eigenvalue weighted by atomic mass is 31.2. The van der Waals surface area contributed by atoms with Crippen LogP contribution < -0.4 is 0 Å². The maximum absolute atomic E-state index is 13.1. The molecule has 17 nitrogen and oxygen atoms in total. The molecule has 0 bridgehead atoms. The van der Waals surface area contributed by atoms with Crippen molar-refractivity contribution < 1.29 is 80.2 Å². The highest BCUT2D eigenvalue weighted by Gasteiger charge is 2.30. The van der Waals surface area contributed by atoms with Crippen LogP contribution in [-0.2, 0) is 65.4 Å². The summed E-state index contributed by atoms with van der Waals surface area (Å²) in [4.78, 5) is 72.6. The third-order valence-corrected chi connectivity index (χ3v) is 19.2. The number of hydrogen-bond acceptors (Lipinski definition) is 15. The Balaban J connectivity index is 5.22. The van der Waals surface area contributed by atoms with Gasteiger partial charge in [-0.2, -0.15) is 0 Å². The molecule has 3 N–H and O–H groups in total. The van der Waals surface area contributed by atoms with E-state index < -0.39 is 97.5 Å². The van der Waals surface area contributed by atoms with E-state index in [0.29, 0.717) is 25.7 Å². The number of aliphatic hydroxyl groups is 1. The van der Waals surface area contributed by atoms with Crippen molar-refractivity contribution >= 4 is 39.5 Å². The summed E-state index contributed by atoms with van der Waals surface area (Å²) in [6.07, 6.45) is 51.4. The van der Waals surface area contributed by atoms with Crippen molar-refractivity contribution in [3.63, 3.8) is 0 Å². The minimum Gasteiger partial charge on any atom is -0.462 e. The first-order valence-corrected chi connectivity index (χ1v) is 41.0. The molecular weight excluding hydrogens is 1210 g/mol. The molecule has 0 spiro atoms. The number of carbonyl (C=O) groups is 4. The Labute approximate surface area is 562 Å². The van der Waals surface area contributed by atoms with Gasteiger partial charge in [0, 0.05) is 25.7 Å². The predicted octanol–water partition coefficient (Wildman–Crippen LogP) is 21.2. The lowest BCUT2D eigenvalue weighted by Crippen LogP contribution is -2.30. The normalized spacial score (nSPS) is 14.4. The van der Waals surface area contributed by atoms with Gasteiger partial charge < -0.3 is 33.8 Å². The van der Waals surface area contributed by atoms with Crippen LogP contribution in [-0.4, -0.2) is 96.7 Å². The monoisotopic (exact) mass is 1350 g/mol. The van der Waals surface area contributed by atoms with Gasteiger partial charge in [0.15, 0.2) is 12.2 Å². The quantitative estimate of drug-likeness (QED) is 0.0222. The molecule has 0 heterocycles. The minimum absolute atomic E-state index is 0.103. The van der Waals surface area contributed by atoms with Crippen LogP contribution in [0.1, 0.15) is 375 Å². The van der Waals surface area contributed by atoms with Gasteiger partial charge in [-0.3, -0.25) is 37.3 Å². The molecule has 0 rings (SSSR count). The Kier molecular flexibility index (Phi) is 63.7. The van der Waals surface area contributed by atoms with Gasteiger partial charge in [0.05, 0.1) is 26.4 Å². The summed E-state index contributed by atoms with van der Waals surface area (Å²) >= 11 is 0. The van der Waals surface area contributed by atoms with Crippen LogP contribution in [0.25, 0.3) is 0 Å². The lowest BCUT2D eigenvalue weighted by Gasteiger charge is -2.21. The lowest BCUT2D eigenvalue weighted by atomic mass is 10.00. The molecule has 0 radical (unpaired) electrons. The second-order valence-electron chi connectivity index (χ2n) is 27.1. The fourth-order valence-corrected chi connectivity index (χ4v) is 12.7. The van der Waals surface area contributed by atoms with Gasteiger partial charge in [-0.15, -0.1) is 0 Å². The van der Waals surface area contributed by atoms with E-state index >= 15 is 0 Å². The molecule has 19 heteroatoms. The van der Waals surface area contributed by atoms with Gasteiger partial charge in [-0.1, -0.05) is 324 Å². The zero-order valence-electron chi connectivity index (χ0n) is 59.9. The molecule has 0 aliphatic carbocycles. The van der Waals surface area contributed by atoms with Gasteiger partial charge >= 0.3 is 39.5 Å². The SMILES string of the molecule is CCCCCCCCCCCCCCCCCCCC(=O)O[C@H](COC(=O)CCCCCCCCCCCCCCCC(C)C)COP(=O)(O)OC[C@@H](O)COP(=O)(O)OC[C@@H](COC(=O)CCCCCCCCCCC)OC(=O)CCCCCCCCC(C)CC. The number of hydrogen-bond donors (Lipinski definition) is 3. The Morgan fingerprint density at radius 1 is 0.315 bits per heavy atom. The van der Waals surface area contributed by atoms with Crippen LogP contribution in [0.4, 0.5) is 0 Å². The molecule has 0 amide bonds. The maximum atomic E-state index is 13.1. The van der Waals surface area contributed by atoms with Gasteiger partial charge in [0.25, 0.3) is 0 Å². The molecule has 3 unspecified atom stereocenters. The van der Waals surface area contributed by atoms with Crippen LogP contribution in [0, 0.1) is 11.8 Å². The molecule has 0 fully saturated rings. The summed E-state index contributed by atoms with van der Waals surface area (Å²) in [5.74, 6) is -0.611. The molecule has 0 aromatic carbocycles. The molecule has 0 aliphatic heterocycles. The molecule has 92 heavy (non-hydrogen) atoms. The van der Waals surface area contributed by atoms with E-state index in [2.05, 4.69) is 41.5 Å². The Morgan fingerprint density at radius 3 is 0.826 bits per heavy atom. The van der Waals surface area contributed by atoms with Crippen LogP contribution in [0.2, 0.25) is 0 Å².